The number of hydrogen-bond donors (Lipinski definition) is 1. The van der Waals surface area contributed by atoms with E-state index in [1.54, 1.807) is 25.1 Å². The van der Waals surface area contributed by atoms with Gasteiger partial charge in [0.15, 0.2) is 0 Å². The minimum atomic E-state index is -0.668. The van der Waals surface area contributed by atoms with Crippen molar-refractivity contribution in [3.05, 3.63) is 34.9 Å². The third-order valence-corrected chi connectivity index (χ3v) is 3.00. The molecule has 0 bridgehead atoms. The number of esters is 1. The lowest BCUT2D eigenvalue weighted by molar-refractivity contribution is -0.147. The summed E-state index contributed by atoms with van der Waals surface area (Å²) in [5.41, 5.74) is 0.799. The molecule has 1 aromatic carbocycles. The van der Waals surface area contributed by atoms with E-state index in [2.05, 4.69) is 5.32 Å². The maximum atomic E-state index is 11.9. The number of likely N-dealkylation sites (N-methyl/N-ethyl adjacent to an activating group) is 1. The van der Waals surface area contributed by atoms with Crippen molar-refractivity contribution in [1.82, 2.24) is 10.2 Å². The second kappa shape index (κ2) is 8.64. The minimum absolute atomic E-state index is 0.176. The highest BCUT2D eigenvalue weighted by Crippen LogP contribution is 2.11. The number of nitrogens with one attached hydrogen (secondary N) is 1. The van der Waals surface area contributed by atoms with Gasteiger partial charge in [-0.2, -0.15) is 0 Å². The molecule has 6 heteroatoms. The van der Waals surface area contributed by atoms with E-state index in [4.69, 9.17) is 16.3 Å². The standard InChI is InChI=1S/C15H21ClN2O3/c1-11(15(20)21-8-7-18(2)3)17-14(19)10-12-5-4-6-13(16)9-12/h4-6,9,11H,7-8,10H2,1-3H3,(H,17,19)/t11-/m0/s1. The monoisotopic (exact) mass is 312 g/mol. The largest absolute Gasteiger partial charge is 0.463 e. The van der Waals surface area contributed by atoms with Crippen molar-refractivity contribution >= 4 is 23.5 Å². The molecular formula is C15H21ClN2O3. The highest BCUT2D eigenvalue weighted by molar-refractivity contribution is 6.30. The number of carbonyl (C=O) groups is 2. The van der Waals surface area contributed by atoms with Gasteiger partial charge >= 0.3 is 5.97 Å². The molecule has 0 spiro atoms. The molecule has 0 saturated carbocycles. The second-order valence-electron chi connectivity index (χ2n) is 5.07. The number of ether oxygens (including phenoxy) is 1. The zero-order valence-corrected chi connectivity index (χ0v) is 13.3. The molecule has 0 aliphatic carbocycles. The quantitative estimate of drug-likeness (QED) is 0.775. The third-order valence-electron chi connectivity index (χ3n) is 2.77. The van der Waals surface area contributed by atoms with Crippen molar-refractivity contribution in [3.8, 4) is 0 Å². The predicted octanol–water partition coefficient (Wildman–Crippen LogP) is 1.49. The van der Waals surface area contributed by atoms with E-state index in [9.17, 15) is 9.59 Å². The van der Waals surface area contributed by atoms with E-state index in [-0.39, 0.29) is 12.3 Å². The van der Waals surface area contributed by atoms with Gasteiger partial charge in [0.05, 0.1) is 6.42 Å². The zero-order valence-electron chi connectivity index (χ0n) is 12.6. The number of hydrogen-bond acceptors (Lipinski definition) is 4. The molecule has 0 aliphatic rings. The van der Waals surface area contributed by atoms with Crippen LogP contribution in [0.5, 0.6) is 0 Å². The van der Waals surface area contributed by atoms with Gasteiger partial charge in [0.1, 0.15) is 12.6 Å². The Bertz CT molecular complexity index is 492. The number of halogens is 1. The van der Waals surface area contributed by atoms with E-state index in [0.29, 0.717) is 18.2 Å². The van der Waals surface area contributed by atoms with Crippen molar-refractivity contribution in [2.75, 3.05) is 27.2 Å². The van der Waals surface area contributed by atoms with Crippen LogP contribution in [0.25, 0.3) is 0 Å². The molecule has 21 heavy (non-hydrogen) atoms. The van der Waals surface area contributed by atoms with E-state index in [1.807, 2.05) is 25.1 Å². The number of benzene rings is 1. The topological polar surface area (TPSA) is 58.6 Å². The molecule has 0 aromatic heterocycles. The fourth-order valence-corrected chi connectivity index (χ4v) is 1.85. The van der Waals surface area contributed by atoms with E-state index >= 15 is 0 Å². The predicted molar refractivity (Wildman–Crippen MR) is 82.3 cm³/mol. The van der Waals surface area contributed by atoms with Crippen LogP contribution in [-0.4, -0.2) is 50.1 Å². The minimum Gasteiger partial charge on any atom is -0.463 e. The average Bonchev–Trinajstić information content (AvgIpc) is 2.37. The lowest BCUT2D eigenvalue weighted by Gasteiger charge is -2.15. The van der Waals surface area contributed by atoms with E-state index in [1.165, 1.54) is 0 Å². The smallest absolute Gasteiger partial charge is 0.328 e. The van der Waals surface area contributed by atoms with Gasteiger partial charge in [-0.25, -0.2) is 4.79 Å². The van der Waals surface area contributed by atoms with Crippen molar-refractivity contribution < 1.29 is 14.3 Å². The first-order chi connectivity index (χ1) is 9.88. The Labute approximate surface area is 130 Å². The highest BCUT2D eigenvalue weighted by atomic mass is 35.5. The Morgan fingerprint density at radius 1 is 1.38 bits per heavy atom. The van der Waals surface area contributed by atoms with Crippen LogP contribution in [0.4, 0.5) is 0 Å². The van der Waals surface area contributed by atoms with E-state index < -0.39 is 12.0 Å². The Kier molecular flexibility index (Phi) is 7.19. The number of amides is 1. The Hall–Kier alpha value is -1.59. The summed E-state index contributed by atoms with van der Waals surface area (Å²) in [6, 6.07) is 6.39. The molecule has 0 saturated heterocycles. The molecule has 0 heterocycles. The molecule has 0 radical (unpaired) electrons. The van der Waals surface area contributed by atoms with Gasteiger partial charge in [-0.15, -0.1) is 0 Å². The van der Waals surface area contributed by atoms with Crippen LogP contribution in [0.1, 0.15) is 12.5 Å². The summed E-state index contributed by atoms with van der Waals surface area (Å²) in [6.07, 6.45) is 0.176. The summed E-state index contributed by atoms with van der Waals surface area (Å²) in [5.74, 6) is -0.675. The highest BCUT2D eigenvalue weighted by Gasteiger charge is 2.17. The third kappa shape index (κ3) is 7.11. The first-order valence-electron chi connectivity index (χ1n) is 6.73. The summed E-state index contributed by atoms with van der Waals surface area (Å²) in [5, 5.41) is 3.20. The molecule has 1 amide bonds. The Morgan fingerprint density at radius 2 is 2.10 bits per heavy atom. The van der Waals surface area contributed by atoms with Gasteiger partial charge in [-0.05, 0) is 38.7 Å². The van der Waals surface area contributed by atoms with Crippen LogP contribution in [0.15, 0.2) is 24.3 Å². The second-order valence-corrected chi connectivity index (χ2v) is 5.50. The molecule has 116 valence electrons. The Balaban J connectivity index is 2.37. The average molecular weight is 313 g/mol. The summed E-state index contributed by atoms with van der Waals surface area (Å²) in [7, 11) is 3.79. The van der Waals surface area contributed by atoms with Crippen molar-refractivity contribution in [2.24, 2.45) is 0 Å². The summed E-state index contributed by atoms with van der Waals surface area (Å²) >= 11 is 5.86. The van der Waals surface area contributed by atoms with Crippen LogP contribution in [0, 0.1) is 0 Å². The fourth-order valence-electron chi connectivity index (χ4n) is 1.64. The van der Waals surface area contributed by atoms with Crippen LogP contribution >= 0.6 is 11.6 Å². The molecule has 1 atom stereocenters. The fraction of sp³-hybridized carbons (Fsp3) is 0.467. The van der Waals surface area contributed by atoms with Gasteiger partial charge in [0.25, 0.3) is 0 Å². The molecule has 1 N–H and O–H groups in total. The number of carbonyl (C=O) groups excluding carboxylic acids is 2. The van der Waals surface area contributed by atoms with Crippen LogP contribution < -0.4 is 5.32 Å². The van der Waals surface area contributed by atoms with Gasteiger partial charge < -0.3 is 15.0 Å². The van der Waals surface area contributed by atoms with Crippen molar-refractivity contribution in [3.63, 3.8) is 0 Å². The normalized spacial score (nSPS) is 12.0. The Morgan fingerprint density at radius 3 is 2.71 bits per heavy atom. The van der Waals surface area contributed by atoms with Gasteiger partial charge in [-0.3, -0.25) is 4.79 Å². The molecule has 1 aromatic rings. The van der Waals surface area contributed by atoms with Crippen LogP contribution in [-0.2, 0) is 20.7 Å². The first kappa shape index (κ1) is 17.5. The van der Waals surface area contributed by atoms with E-state index in [0.717, 1.165) is 5.56 Å². The maximum Gasteiger partial charge on any atom is 0.328 e. The zero-order chi connectivity index (χ0) is 15.8. The molecule has 0 aliphatic heterocycles. The lowest BCUT2D eigenvalue weighted by Crippen LogP contribution is -2.40. The molecular weight excluding hydrogens is 292 g/mol. The summed E-state index contributed by atoms with van der Waals surface area (Å²) in [6.45, 7) is 2.56. The van der Waals surface area contributed by atoms with Gasteiger partial charge in [0.2, 0.25) is 5.91 Å². The molecule has 1 rings (SSSR count). The summed E-state index contributed by atoms with van der Waals surface area (Å²) in [4.78, 5) is 25.5. The molecule has 5 nitrogen and oxygen atoms in total. The molecule has 0 unspecified atom stereocenters. The van der Waals surface area contributed by atoms with Crippen molar-refractivity contribution in [1.29, 1.82) is 0 Å². The summed E-state index contributed by atoms with van der Waals surface area (Å²) < 4.78 is 5.07. The molecule has 0 fully saturated rings. The SMILES string of the molecule is C[C@H](NC(=O)Cc1cccc(Cl)c1)C(=O)OCCN(C)C. The first-order valence-corrected chi connectivity index (χ1v) is 7.11. The van der Waals surface area contributed by atoms with Crippen LogP contribution in [0.2, 0.25) is 5.02 Å². The van der Waals surface area contributed by atoms with Gasteiger partial charge in [0, 0.05) is 11.6 Å². The van der Waals surface area contributed by atoms with Crippen LogP contribution in [0.3, 0.4) is 0 Å². The lowest BCUT2D eigenvalue weighted by atomic mass is 10.1. The number of nitrogens with zero attached hydrogens (tertiary/aromatic N) is 1. The maximum absolute atomic E-state index is 11.9. The van der Waals surface area contributed by atoms with Crippen molar-refractivity contribution in [2.45, 2.75) is 19.4 Å². The number of rotatable bonds is 7. The van der Waals surface area contributed by atoms with Gasteiger partial charge in [-0.1, -0.05) is 23.7 Å².